The van der Waals surface area contributed by atoms with Crippen molar-refractivity contribution in [3.63, 3.8) is 0 Å². The zero-order valence-electron chi connectivity index (χ0n) is 11.9. The van der Waals surface area contributed by atoms with Gasteiger partial charge in [0.2, 0.25) is 0 Å². The minimum atomic E-state index is 0.769. The van der Waals surface area contributed by atoms with Gasteiger partial charge in [-0.1, -0.05) is 52.8 Å². The predicted molar refractivity (Wildman–Crippen MR) is 90.5 cm³/mol. The summed E-state index contributed by atoms with van der Waals surface area (Å²) in [5, 5.41) is 3.46. The van der Waals surface area contributed by atoms with Crippen LogP contribution in [0.1, 0.15) is 16.7 Å². The summed E-state index contributed by atoms with van der Waals surface area (Å²) in [6.45, 7) is 6.48. The Morgan fingerprint density at radius 3 is 2.86 bits per heavy atom. The quantitative estimate of drug-likeness (QED) is 0.878. The van der Waals surface area contributed by atoms with E-state index in [0.29, 0.717) is 0 Å². The van der Waals surface area contributed by atoms with Gasteiger partial charge in [-0.05, 0) is 28.8 Å². The first-order valence-corrected chi connectivity index (χ1v) is 7.91. The molecule has 0 aliphatic carbocycles. The van der Waals surface area contributed by atoms with E-state index in [1.54, 1.807) is 0 Å². The lowest BCUT2D eigenvalue weighted by Gasteiger charge is -2.11. The number of ether oxygens (including phenoxy) is 1. The molecule has 108 valence electrons. The summed E-state index contributed by atoms with van der Waals surface area (Å²) in [5.41, 5.74) is 4.78. The van der Waals surface area contributed by atoms with E-state index in [9.17, 15) is 0 Å². The van der Waals surface area contributed by atoms with E-state index < -0.39 is 0 Å². The zero-order chi connectivity index (χ0) is 14.7. The van der Waals surface area contributed by atoms with Crippen molar-refractivity contribution >= 4 is 21.5 Å². The minimum Gasteiger partial charge on any atom is -0.493 e. The number of hydrogen-bond acceptors (Lipinski definition) is 2. The van der Waals surface area contributed by atoms with E-state index in [4.69, 9.17) is 4.74 Å². The monoisotopic (exact) mass is 343 g/mol. The Labute approximate surface area is 134 Å². The molecular weight excluding hydrogens is 326 g/mol. The van der Waals surface area contributed by atoms with Crippen molar-refractivity contribution in [3.8, 4) is 5.75 Å². The maximum Gasteiger partial charge on any atom is 0.127 e. The maximum atomic E-state index is 5.74. The molecule has 3 heteroatoms. The summed E-state index contributed by atoms with van der Waals surface area (Å²) in [6, 6.07) is 14.5. The van der Waals surface area contributed by atoms with Gasteiger partial charge in [-0.25, -0.2) is 0 Å². The summed E-state index contributed by atoms with van der Waals surface area (Å²) < 4.78 is 6.86. The van der Waals surface area contributed by atoms with Crippen LogP contribution < -0.4 is 10.1 Å². The number of rotatable bonds is 5. The maximum absolute atomic E-state index is 5.74. The van der Waals surface area contributed by atoms with Crippen LogP contribution in [0.3, 0.4) is 0 Å². The Morgan fingerprint density at radius 2 is 2.05 bits per heavy atom. The summed E-state index contributed by atoms with van der Waals surface area (Å²) in [4.78, 5) is 0. The molecule has 0 saturated heterocycles. The minimum absolute atomic E-state index is 0.769. The van der Waals surface area contributed by atoms with Crippen LogP contribution in [0.4, 0.5) is 0 Å². The summed E-state index contributed by atoms with van der Waals surface area (Å²) in [7, 11) is 0. The van der Waals surface area contributed by atoms with Crippen molar-refractivity contribution in [2.45, 2.75) is 13.0 Å². The molecule has 0 atom stereocenters. The van der Waals surface area contributed by atoms with Gasteiger partial charge in [0.25, 0.3) is 0 Å². The first-order valence-electron chi connectivity index (χ1n) is 7.12. The molecule has 1 heterocycles. The van der Waals surface area contributed by atoms with Gasteiger partial charge in [-0.3, -0.25) is 0 Å². The van der Waals surface area contributed by atoms with Crippen molar-refractivity contribution in [3.05, 3.63) is 70.2 Å². The molecular formula is C18H18BrNO. The van der Waals surface area contributed by atoms with Crippen LogP contribution in [0.15, 0.2) is 53.5 Å². The molecule has 0 radical (unpaired) electrons. The Balaban J connectivity index is 1.63. The molecule has 2 aromatic rings. The third-order valence-corrected chi connectivity index (χ3v) is 4.12. The van der Waals surface area contributed by atoms with Gasteiger partial charge in [0.1, 0.15) is 5.75 Å². The second-order valence-electron chi connectivity index (χ2n) is 5.22. The number of halogens is 1. The predicted octanol–water partition coefficient (Wildman–Crippen LogP) is 4.19. The van der Waals surface area contributed by atoms with Crippen LogP contribution >= 0.6 is 15.9 Å². The van der Waals surface area contributed by atoms with Crippen LogP contribution in [-0.2, 0) is 13.0 Å². The summed E-state index contributed by atoms with van der Waals surface area (Å²) >= 11 is 3.57. The first kappa shape index (κ1) is 14.4. The second-order valence-corrected chi connectivity index (χ2v) is 6.14. The fourth-order valence-electron chi connectivity index (χ4n) is 2.60. The van der Waals surface area contributed by atoms with Crippen molar-refractivity contribution < 1.29 is 4.74 Å². The number of benzene rings is 2. The molecule has 2 nitrogen and oxygen atoms in total. The number of hydrogen-bond donors (Lipinski definition) is 1. The summed E-state index contributed by atoms with van der Waals surface area (Å²) in [6.07, 6.45) is 0.999. The average molecular weight is 344 g/mol. The highest BCUT2D eigenvalue weighted by atomic mass is 79.9. The van der Waals surface area contributed by atoms with E-state index in [1.165, 1.54) is 16.7 Å². The van der Waals surface area contributed by atoms with Crippen molar-refractivity contribution in [1.29, 1.82) is 0 Å². The molecule has 21 heavy (non-hydrogen) atoms. The Bertz CT molecular complexity index is 652. The molecule has 0 amide bonds. The molecule has 0 unspecified atom stereocenters. The van der Waals surface area contributed by atoms with Gasteiger partial charge in [-0.2, -0.15) is 0 Å². The largest absolute Gasteiger partial charge is 0.493 e. The van der Waals surface area contributed by atoms with Gasteiger partial charge in [-0.15, -0.1) is 0 Å². The molecule has 2 aromatic carbocycles. The number of nitrogens with one attached hydrogen (secondary N) is 1. The second kappa shape index (κ2) is 6.46. The van der Waals surface area contributed by atoms with E-state index in [0.717, 1.165) is 41.9 Å². The lowest BCUT2D eigenvalue weighted by Crippen LogP contribution is -2.16. The lowest BCUT2D eigenvalue weighted by molar-refractivity contribution is 0.352. The Hall–Kier alpha value is -1.58. The molecule has 3 rings (SSSR count). The van der Waals surface area contributed by atoms with Crippen LogP contribution in [0.5, 0.6) is 5.75 Å². The van der Waals surface area contributed by atoms with Gasteiger partial charge >= 0.3 is 0 Å². The van der Waals surface area contributed by atoms with Gasteiger partial charge in [0, 0.05) is 29.5 Å². The van der Waals surface area contributed by atoms with Crippen LogP contribution in [0.25, 0.3) is 5.57 Å². The third-order valence-electron chi connectivity index (χ3n) is 3.66. The third kappa shape index (κ3) is 3.36. The van der Waals surface area contributed by atoms with E-state index in [2.05, 4.69) is 52.1 Å². The summed E-state index contributed by atoms with van der Waals surface area (Å²) in [5.74, 6) is 1.05. The SMILES string of the molecule is C=C(CNCc1cc(Br)cc2c1OCC2)c1ccccc1. The molecule has 0 aromatic heterocycles. The topological polar surface area (TPSA) is 21.3 Å². The first-order chi connectivity index (χ1) is 10.2. The standard InChI is InChI=1S/C18H18BrNO/c1-13(14-5-3-2-4-6-14)11-20-12-16-10-17(19)9-15-7-8-21-18(15)16/h2-6,9-10,20H,1,7-8,11-12H2. The average Bonchev–Trinajstić information content (AvgIpc) is 2.96. The molecule has 0 spiro atoms. The van der Waals surface area contributed by atoms with Crippen LogP contribution in [0, 0.1) is 0 Å². The van der Waals surface area contributed by atoms with E-state index in [1.807, 2.05) is 18.2 Å². The highest BCUT2D eigenvalue weighted by Crippen LogP contribution is 2.32. The van der Waals surface area contributed by atoms with Crippen LogP contribution in [0.2, 0.25) is 0 Å². The zero-order valence-corrected chi connectivity index (χ0v) is 13.4. The Morgan fingerprint density at radius 1 is 1.24 bits per heavy atom. The van der Waals surface area contributed by atoms with Crippen molar-refractivity contribution in [2.24, 2.45) is 0 Å². The smallest absolute Gasteiger partial charge is 0.127 e. The highest BCUT2D eigenvalue weighted by Gasteiger charge is 2.17. The normalized spacial score (nSPS) is 12.8. The molecule has 1 N–H and O–H groups in total. The Kier molecular flexibility index (Phi) is 4.42. The van der Waals surface area contributed by atoms with E-state index >= 15 is 0 Å². The molecule has 0 saturated carbocycles. The van der Waals surface area contributed by atoms with Crippen molar-refractivity contribution in [1.82, 2.24) is 5.32 Å². The molecule has 0 bridgehead atoms. The van der Waals surface area contributed by atoms with E-state index in [-0.39, 0.29) is 0 Å². The van der Waals surface area contributed by atoms with Crippen molar-refractivity contribution in [2.75, 3.05) is 13.2 Å². The van der Waals surface area contributed by atoms with Gasteiger partial charge < -0.3 is 10.1 Å². The molecule has 0 fully saturated rings. The fraction of sp³-hybridized carbons (Fsp3) is 0.222. The number of fused-ring (bicyclic) bond motifs is 1. The van der Waals surface area contributed by atoms with Gasteiger partial charge in [0.15, 0.2) is 0 Å². The van der Waals surface area contributed by atoms with Gasteiger partial charge in [0.05, 0.1) is 6.61 Å². The molecule has 1 aliphatic rings. The van der Waals surface area contributed by atoms with Crippen LogP contribution in [-0.4, -0.2) is 13.2 Å². The lowest BCUT2D eigenvalue weighted by atomic mass is 10.1. The molecule has 1 aliphatic heterocycles. The fourth-order valence-corrected chi connectivity index (χ4v) is 3.15. The highest BCUT2D eigenvalue weighted by molar-refractivity contribution is 9.10.